The number of carboxylic acids is 1. The first-order valence-corrected chi connectivity index (χ1v) is 8.25. The number of hydrogen-bond acceptors (Lipinski definition) is 3. The molecule has 7 nitrogen and oxygen atoms in total. The molecule has 0 saturated carbocycles. The number of urea groups is 1. The molecule has 0 unspecified atom stereocenters. The second-order valence-electron chi connectivity index (χ2n) is 6.21. The summed E-state index contributed by atoms with van der Waals surface area (Å²) in [7, 11) is 0. The fourth-order valence-corrected chi connectivity index (χ4v) is 2.95. The monoisotopic (exact) mass is 382 g/mol. The first kappa shape index (κ1) is 18.7. The molecule has 2 N–H and O–H groups in total. The Morgan fingerprint density at radius 3 is 2.48 bits per heavy atom. The Bertz CT molecular complexity index is 828. The normalized spacial score (nSPS) is 15.6. The van der Waals surface area contributed by atoms with E-state index in [4.69, 9.17) is 5.11 Å². The molecule has 0 atom stereocenters. The smallest absolute Gasteiger partial charge is 0.416 e. The SMILES string of the molecule is O=C(O)C1CCN(C(=O)Nc2cc(C(F)(F)F)ccc2-n2cccn2)CC1. The zero-order valence-corrected chi connectivity index (χ0v) is 14.1. The minimum atomic E-state index is -4.55. The van der Waals surface area contributed by atoms with Gasteiger partial charge < -0.3 is 15.3 Å². The van der Waals surface area contributed by atoms with Crippen LogP contribution >= 0.6 is 0 Å². The highest BCUT2D eigenvalue weighted by atomic mass is 19.4. The number of rotatable bonds is 3. The Kier molecular flexibility index (Phi) is 5.06. The van der Waals surface area contributed by atoms with E-state index < -0.39 is 29.7 Å². The maximum absolute atomic E-state index is 13.1. The molecule has 1 aromatic heterocycles. The summed E-state index contributed by atoms with van der Waals surface area (Å²) >= 11 is 0. The number of likely N-dealkylation sites (tertiary alicyclic amines) is 1. The van der Waals surface area contributed by atoms with Gasteiger partial charge in [0.25, 0.3) is 0 Å². The van der Waals surface area contributed by atoms with Crippen molar-refractivity contribution in [3.05, 3.63) is 42.2 Å². The lowest BCUT2D eigenvalue weighted by atomic mass is 9.97. The third kappa shape index (κ3) is 4.21. The fraction of sp³-hybridized carbons (Fsp3) is 0.353. The number of aliphatic carboxylic acids is 1. The lowest BCUT2D eigenvalue weighted by molar-refractivity contribution is -0.143. The quantitative estimate of drug-likeness (QED) is 0.853. The average molecular weight is 382 g/mol. The number of hydrogen-bond donors (Lipinski definition) is 2. The molecule has 0 aliphatic carbocycles. The Morgan fingerprint density at radius 1 is 1.22 bits per heavy atom. The molecule has 2 heterocycles. The van der Waals surface area contributed by atoms with E-state index >= 15 is 0 Å². The zero-order chi connectivity index (χ0) is 19.6. The second-order valence-corrected chi connectivity index (χ2v) is 6.21. The van der Waals surface area contributed by atoms with Crippen LogP contribution in [0.25, 0.3) is 5.69 Å². The topological polar surface area (TPSA) is 87.5 Å². The Morgan fingerprint density at radius 2 is 1.93 bits per heavy atom. The Hall–Kier alpha value is -3.04. The van der Waals surface area contributed by atoms with Crippen LogP contribution in [0.2, 0.25) is 0 Å². The van der Waals surface area contributed by atoms with Gasteiger partial charge >= 0.3 is 18.2 Å². The standard InChI is InChI=1S/C17H17F3N4O3/c18-17(19,20)12-2-3-14(24-7-1-6-21-24)13(10-12)22-16(27)23-8-4-11(5-9-23)15(25)26/h1-3,6-7,10-11H,4-5,8-9H2,(H,22,27)(H,25,26). The van der Waals surface area contributed by atoms with Crippen LogP contribution in [0.3, 0.4) is 0 Å². The number of piperidine rings is 1. The molecule has 0 bridgehead atoms. The van der Waals surface area contributed by atoms with E-state index in [1.165, 1.54) is 21.8 Å². The van der Waals surface area contributed by atoms with Crippen LogP contribution in [0.4, 0.5) is 23.7 Å². The van der Waals surface area contributed by atoms with E-state index in [1.54, 1.807) is 12.3 Å². The summed E-state index contributed by atoms with van der Waals surface area (Å²) in [5, 5.41) is 15.5. The minimum absolute atomic E-state index is 0.0288. The lowest BCUT2D eigenvalue weighted by Crippen LogP contribution is -2.42. The zero-order valence-electron chi connectivity index (χ0n) is 14.1. The first-order valence-electron chi connectivity index (χ1n) is 8.25. The first-order chi connectivity index (χ1) is 12.8. The predicted molar refractivity (Wildman–Crippen MR) is 89.5 cm³/mol. The van der Waals surface area contributed by atoms with Gasteiger partial charge in [0, 0.05) is 25.5 Å². The van der Waals surface area contributed by atoms with Crippen LogP contribution in [-0.4, -0.2) is 44.9 Å². The van der Waals surface area contributed by atoms with Crippen LogP contribution in [0, 0.1) is 5.92 Å². The van der Waals surface area contributed by atoms with Crippen molar-refractivity contribution >= 4 is 17.7 Å². The molecule has 27 heavy (non-hydrogen) atoms. The summed E-state index contributed by atoms with van der Waals surface area (Å²) in [6, 6.07) is 4.05. The van der Waals surface area contributed by atoms with Gasteiger partial charge in [0.1, 0.15) is 0 Å². The fourth-order valence-electron chi connectivity index (χ4n) is 2.95. The Labute approximate surface area is 152 Å². The number of nitrogens with zero attached hydrogens (tertiary/aromatic N) is 3. The van der Waals surface area contributed by atoms with Gasteiger partial charge in [0.2, 0.25) is 0 Å². The summed E-state index contributed by atoms with van der Waals surface area (Å²) in [6.45, 7) is 0.442. The van der Waals surface area contributed by atoms with Crippen molar-refractivity contribution < 1.29 is 27.9 Å². The van der Waals surface area contributed by atoms with Crippen LogP contribution in [0.15, 0.2) is 36.7 Å². The molecule has 1 saturated heterocycles. The third-order valence-corrected chi connectivity index (χ3v) is 4.45. The summed E-state index contributed by atoms with van der Waals surface area (Å²) < 4.78 is 40.5. The van der Waals surface area contributed by atoms with E-state index in [0.717, 1.165) is 12.1 Å². The molecular weight excluding hydrogens is 365 g/mol. The number of alkyl halides is 3. The predicted octanol–water partition coefficient (Wildman–Crippen LogP) is 3.22. The molecule has 2 aromatic rings. The lowest BCUT2D eigenvalue weighted by Gasteiger charge is -2.30. The van der Waals surface area contributed by atoms with Crippen molar-refractivity contribution in [2.75, 3.05) is 18.4 Å². The van der Waals surface area contributed by atoms with Crippen LogP contribution in [0.5, 0.6) is 0 Å². The largest absolute Gasteiger partial charge is 0.481 e. The van der Waals surface area contributed by atoms with Gasteiger partial charge in [-0.3, -0.25) is 4.79 Å². The van der Waals surface area contributed by atoms with Crippen molar-refractivity contribution in [3.63, 3.8) is 0 Å². The maximum atomic E-state index is 13.1. The molecule has 144 valence electrons. The second kappa shape index (κ2) is 7.29. The average Bonchev–Trinajstić information content (AvgIpc) is 3.15. The number of carbonyl (C=O) groups is 2. The summed E-state index contributed by atoms with van der Waals surface area (Å²) in [5.74, 6) is -1.42. The molecule has 2 amide bonds. The number of nitrogens with one attached hydrogen (secondary N) is 1. The summed E-state index contributed by atoms with van der Waals surface area (Å²) in [5.41, 5.74) is -0.626. The van der Waals surface area contributed by atoms with Gasteiger partial charge in [-0.15, -0.1) is 0 Å². The van der Waals surface area contributed by atoms with Crippen LogP contribution in [-0.2, 0) is 11.0 Å². The van der Waals surface area contributed by atoms with Crippen LogP contribution in [0.1, 0.15) is 18.4 Å². The highest BCUT2D eigenvalue weighted by Gasteiger charge is 2.32. The molecule has 1 aliphatic heterocycles. The summed E-state index contributed by atoms with van der Waals surface area (Å²) in [6.07, 6.45) is -0.923. The number of carbonyl (C=O) groups excluding carboxylic acids is 1. The van der Waals surface area contributed by atoms with Crippen molar-refractivity contribution in [2.24, 2.45) is 5.92 Å². The van der Waals surface area contributed by atoms with E-state index in [1.807, 2.05) is 0 Å². The minimum Gasteiger partial charge on any atom is -0.481 e. The highest BCUT2D eigenvalue weighted by molar-refractivity contribution is 5.92. The number of halogens is 3. The highest BCUT2D eigenvalue weighted by Crippen LogP contribution is 2.33. The summed E-state index contributed by atoms with van der Waals surface area (Å²) in [4.78, 5) is 24.9. The number of aromatic nitrogens is 2. The molecule has 1 aliphatic rings. The number of amides is 2. The van der Waals surface area contributed by atoms with E-state index in [-0.39, 0.29) is 18.8 Å². The number of anilines is 1. The van der Waals surface area contributed by atoms with E-state index in [9.17, 15) is 22.8 Å². The van der Waals surface area contributed by atoms with Gasteiger partial charge in [-0.2, -0.15) is 18.3 Å². The van der Waals surface area contributed by atoms with Crippen molar-refractivity contribution in [1.82, 2.24) is 14.7 Å². The molecule has 0 radical (unpaired) electrons. The molecule has 10 heteroatoms. The number of benzene rings is 1. The Balaban J connectivity index is 1.82. The maximum Gasteiger partial charge on any atom is 0.416 e. The van der Waals surface area contributed by atoms with E-state index in [2.05, 4.69) is 10.4 Å². The molecule has 1 fully saturated rings. The third-order valence-electron chi connectivity index (χ3n) is 4.45. The van der Waals surface area contributed by atoms with Gasteiger partial charge in [-0.05, 0) is 37.1 Å². The van der Waals surface area contributed by atoms with Gasteiger partial charge in [0.05, 0.1) is 22.9 Å². The molecule has 0 spiro atoms. The van der Waals surface area contributed by atoms with Gasteiger partial charge in [-0.1, -0.05) is 0 Å². The molecule has 1 aromatic carbocycles. The van der Waals surface area contributed by atoms with Crippen molar-refractivity contribution in [2.45, 2.75) is 19.0 Å². The van der Waals surface area contributed by atoms with Crippen molar-refractivity contribution in [3.8, 4) is 5.69 Å². The van der Waals surface area contributed by atoms with Crippen molar-refractivity contribution in [1.29, 1.82) is 0 Å². The molecular formula is C17H17F3N4O3. The molecule has 3 rings (SSSR count). The van der Waals surface area contributed by atoms with E-state index in [0.29, 0.717) is 18.5 Å². The number of carboxylic acid groups (broad SMARTS) is 1. The van der Waals surface area contributed by atoms with Crippen LogP contribution < -0.4 is 5.32 Å². The van der Waals surface area contributed by atoms with Gasteiger partial charge in [-0.25, -0.2) is 9.48 Å². The van der Waals surface area contributed by atoms with Gasteiger partial charge in [0.15, 0.2) is 0 Å².